The van der Waals surface area contributed by atoms with E-state index in [1.54, 1.807) is 0 Å². The summed E-state index contributed by atoms with van der Waals surface area (Å²) in [5.74, 6) is 0. The fourth-order valence-corrected chi connectivity index (χ4v) is 2.70. The Hall–Kier alpha value is -1.53. The number of nitrogens with one attached hydrogen (secondary N) is 1. The van der Waals surface area contributed by atoms with Crippen molar-refractivity contribution in [2.24, 2.45) is 0 Å². The van der Waals surface area contributed by atoms with Gasteiger partial charge in [0.1, 0.15) is 6.07 Å². The Bertz CT molecular complexity index is 438. The standard InChI is InChI=1S/C13H14N2O/c14-8-9-3-1-2-4-11(9)15-12-7-10-5-6-13(12)16-10/h1-4,10,12-13,15H,5-7H2. The quantitative estimate of drug-likeness (QED) is 0.821. The summed E-state index contributed by atoms with van der Waals surface area (Å²) in [4.78, 5) is 0. The number of fused-ring (bicyclic) bond motifs is 2. The first-order valence-corrected chi connectivity index (χ1v) is 5.78. The van der Waals surface area contributed by atoms with E-state index >= 15 is 0 Å². The van der Waals surface area contributed by atoms with E-state index in [-0.39, 0.29) is 0 Å². The van der Waals surface area contributed by atoms with Gasteiger partial charge in [-0.1, -0.05) is 12.1 Å². The molecule has 2 saturated heterocycles. The normalized spacial score (nSPS) is 31.3. The van der Waals surface area contributed by atoms with Gasteiger partial charge in [-0.3, -0.25) is 0 Å². The van der Waals surface area contributed by atoms with Gasteiger partial charge in [0.25, 0.3) is 0 Å². The lowest BCUT2D eigenvalue weighted by Crippen LogP contribution is -2.30. The first kappa shape index (κ1) is 9.68. The summed E-state index contributed by atoms with van der Waals surface area (Å²) in [5.41, 5.74) is 1.65. The zero-order valence-corrected chi connectivity index (χ0v) is 9.02. The van der Waals surface area contributed by atoms with Crippen LogP contribution in [-0.4, -0.2) is 18.2 Å². The lowest BCUT2D eigenvalue weighted by Gasteiger charge is -2.21. The Labute approximate surface area is 95.0 Å². The van der Waals surface area contributed by atoms with Crippen LogP contribution in [0.4, 0.5) is 5.69 Å². The number of hydrogen-bond donors (Lipinski definition) is 1. The van der Waals surface area contributed by atoms with Crippen molar-refractivity contribution in [2.45, 2.75) is 37.5 Å². The van der Waals surface area contributed by atoms with Crippen LogP contribution in [0, 0.1) is 11.3 Å². The van der Waals surface area contributed by atoms with Crippen LogP contribution in [0.3, 0.4) is 0 Å². The summed E-state index contributed by atoms with van der Waals surface area (Å²) in [5, 5.41) is 12.4. The Morgan fingerprint density at radius 2 is 2.19 bits per heavy atom. The molecule has 3 unspecified atom stereocenters. The fraction of sp³-hybridized carbons (Fsp3) is 0.462. The molecule has 0 spiro atoms. The molecule has 2 aliphatic rings. The van der Waals surface area contributed by atoms with Crippen molar-refractivity contribution in [1.82, 2.24) is 0 Å². The Morgan fingerprint density at radius 3 is 2.88 bits per heavy atom. The van der Waals surface area contributed by atoms with Gasteiger partial charge in [0.2, 0.25) is 0 Å². The monoisotopic (exact) mass is 214 g/mol. The number of rotatable bonds is 2. The highest BCUT2D eigenvalue weighted by atomic mass is 16.5. The molecule has 2 heterocycles. The van der Waals surface area contributed by atoms with Crippen molar-refractivity contribution in [2.75, 3.05) is 5.32 Å². The molecule has 1 aromatic rings. The van der Waals surface area contributed by atoms with Gasteiger partial charge in [-0.25, -0.2) is 0 Å². The SMILES string of the molecule is N#Cc1ccccc1NC1CC2CCC1O2. The molecule has 3 nitrogen and oxygen atoms in total. The number of anilines is 1. The van der Waals surface area contributed by atoms with Crippen LogP contribution in [0.15, 0.2) is 24.3 Å². The molecule has 3 heteroatoms. The van der Waals surface area contributed by atoms with Gasteiger partial charge in [-0.15, -0.1) is 0 Å². The summed E-state index contributed by atoms with van der Waals surface area (Å²) in [6.07, 6.45) is 4.21. The second kappa shape index (κ2) is 3.80. The highest BCUT2D eigenvalue weighted by Gasteiger charge is 2.40. The van der Waals surface area contributed by atoms with Crippen molar-refractivity contribution < 1.29 is 4.74 Å². The number of nitrogens with zero attached hydrogens (tertiary/aromatic N) is 1. The zero-order chi connectivity index (χ0) is 11.0. The molecule has 82 valence electrons. The van der Waals surface area contributed by atoms with E-state index in [1.165, 1.54) is 6.42 Å². The topological polar surface area (TPSA) is 45.0 Å². The molecule has 0 aromatic heterocycles. The molecule has 0 aliphatic carbocycles. The van der Waals surface area contributed by atoms with E-state index in [0.29, 0.717) is 23.8 Å². The molecule has 3 atom stereocenters. The predicted octanol–water partition coefficient (Wildman–Crippen LogP) is 2.29. The number of para-hydroxylation sites is 1. The Kier molecular flexibility index (Phi) is 2.30. The number of ether oxygens (including phenoxy) is 1. The van der Waals surface area contributed by atoms with Gasteiger partial charge >= 0.3 is 0 Å². The van der Waals surface area contributed by atoms with Crippen molar-refractivity contribution in [1.29, 1.82) is 5.26 Å². The van der Waals surface area contributed by atoms with Crippen LogP contribution < -0.4 is 5.32 Å². The molecule has 0 saturated carbocycles. The number of nitriles is 1. The third kappa shape index (κ3) is 1.56. The maximum absolute atomic E-state index is 9.00. The van der Waals surface area contributed by atoms with E-state index in [1.807, 2.05) is 24.3 Å². The Morgan fingerprint density at radius 1 is 1.31 bits per heavy atom. The summed E-state index contributed by atoms with van der Waals surface area (Å²) < 4.78 is 5.79. The third-order valence-electron chi connectivity index (χ3n) is 3.49. The lowest BCUT2D eigenvalue weighted by molar-refractivity contribution is 0.102. The van der Waals surface area contributed by atoms with Gasteiger partial charge in [-0.2, -0.15) is 5.26 Å². The van der Waals surface area contributed by atoms with Crippen molar-refractivity contribution in [3.63, 3.8) is 0 Å². The van der Waals surface area contributed by atoms with Gasteiger partial charge in [-0.05, 0) is 31.4 Å². The average molecular weight is 214 g/mol. The van der Waals surface area contributed by atoms with Gasteiger partial charge in [0.15, 0.2) is 0 Å². The van der Waals surface area contributed by atoms with E-state index < -0.39 is 0 Å². The fourth-order valence-electron chi connectivity index (χ4n) is 2.70. The number of hydrogen-bond acceptors (Lipinski definition) is 3. The van der Waals surface area contributed by atoms with E-state index in [9.17, 15) is 0 Å². The average Bonchev–Trinajstić information content (AvgIpc) is 2.92. The molecule has 16 heavy (non-hydrogen) atoms. The minimum absolute atomic E-state index is 0.344. The molecular weight excluding hydrogens is 200 g/mol. The maximum Gasteiger partial charge on any atom is 0.101 e. The van der Waals surface area contributed by atoms with Gasteiger partial charge in [0, 0.05) is 0 Å². The summed E-state index contributed by atoms with van der Waals surface area (Å²) in [7, 11) is 0. The second-order valence-electron chi connectivity index (χ2n) is 4.52. The second-order valence-corrected chi connectivity index (χ2v) is 4.52. The molecule has 1 N–H and O–H groups in total. The van der Waals surface area contributed by atoms with Crippen LogP contribution in [0.2, 0.25) is 0 Å². The molecule has 0 amide bonds. The molecule has 2 aliphatic heterocycles. The summed E-state index contributed by atoms with van der Waals surface area (Å²) in [6, 6.07) is 10.2. The number of benzene rings is 1. The highest BCUT2D eigenvalue weighted by Crippen LogP contribution is 2.36. The molecule has 2 bridgehead atoms. The first-order chi connectivity index (χ1) is 7.86. The van der Waals surface area contributed by atoms with Gasteiger partial charge in [0.05, 0.1) is 29.5 Å². The first-order valence-electron chi connectivity index (χ1n) is 5.78. The van der Waals surface area contributed by atoms with E-state index in [2.05, 4.69) is 11.4 Å². The van der Waals surface area contributed by atoms with E-state index in [4.69, 9.17) is 10.00 Å². The largest absolute Gasteiger partial charge is 0.379 e. The molecule has 0 radical (unpaired) electrons. The smallest absolute Gasteiger partial charge is 0.101 e. The zero-order valence-electron chi connectivity index (χ0n) is 9.02. The lowest BCUT2D eigenvalue weighted by atomic mass is 9.95. The van der Waals surface area contributed by atoms with E-state index in [0.717, 1.165) is 18.5 Å². The van der Waals surface area contributed by atoms with Crippen LogP contribution in [0.5, 0.6) is 0 Å². The van der Waals surface area contributed by atoms with Crippen LogP contribution in [0.1, 0.15) is 24.8 Å². The van der Waals surface area contributed by atoms with Crippen LogP contribution in [-0.2, 0) is 4.74 Å². The summed E-state index contributed by atoms with van der Waals surface area (Å²) in [6.45, 7) is 0. The maximum atomic E-state index is 9.00. The van der Waals surface area contributed by atoms with Crippen LogP contribution in [0.25, 0.3) is 0 Å². The minimum Gasteiger partial charge on any atom is -0.379 e. The predicted molar refractivity (Wildman–Crippen MR) is 61.1 cm³/mol. The Balaban J connectivity index is 1.77. The van der Waals surface area contributed by atoms with Crippen molar-refractivity contribution >= 4 is 5.69 Å². The van der Waals surface area contributed by atoms with Gasteiger partial charge < -0.3 is 10.1 Å². The van der Waals surface area contributed by atoms with Crippen molar-refractivity contribution in [3.8, 4) is 6.07 Å². The molecule has 1 aromatic carbocycles. The molecule has 2 fully saturated rings. The summed E-state index contributed by atoms with van der Waals surface area (Å²) >= 11 is 0. The molecule has 3 rings (SSSR count). The minimum atomic E-state index is 0.344. The third-order valence-corrected chi connectivity index (χ3v) is 3.49. The van der Waals surface area contributed by atoms with Crippen LogP contribution >= 0.6 is 0 Å². The van der Waals surface area contributed by atoms with Crippen molar-refractivity contribution in [3.05, 3.63) is 29.8 Å². The molecular formula is C13H14N2O. The highest BCUT2D eigenvalue weighted by molar-refractivity contribution is 5.57.